The average molecular weight is 1490 g/mol. The number of para-hydroxylation sites is 2. The van der Waals surface area contributed by atoms with Crippen molar-refractivity contribution in [3.8, 4) is 11.5 Å². The number of halogens is 2. The molecule has 560 valence electrons. The van der Waals surface area contributed by atoms with Gasteiger partial charge in [-0.15, -0.1) is 0 Å². The number of alkyl halides is 2. The standard InChI is InChI=1S/C28H37FN5O9P.C20H25N2O7P.C15H19FN4O4.H3N5/c1-17(37-5)13-38-26(35)18(2)33-44(36,43-19-9-7-6-8-10-19)39-15-28(14-29)24-23(40-27(3,4)42-24)22(41-28)20-11-12-21-25(30)31-16-32-34(20)21;1-15(27-3)13-28-20(23)16(2)21-30(26,29-19-7-5-4-6-8-19)14-17-9-11-18(12-10-17)22(24)25;1-14(2)22-11-10(23-15(5-16,6-21)12(11)24-14)8-3-4-9-13(17)18-7-19-20(8)9;1-3-5-4-2/h6-12,16-18,22-24H,13-15H2,1-5H3,(H,33,36)(H2,30,31,32);4-12,15-16H,13-14H2,1-3H3,(H,21,26);3-4,7,10-12,21H,5-6H2,1-2H3,(H2,17,18,19);(H3,1,2,5)/t17-,18+,22+,23+,24+,28-,44?;15-,16+,30?;10-,11-,12-,15+;/m110./s1. The van der Waals surface area contributed by atoms with Crippen LogP contribution in [-0.2, 0) is 76.8 Å². The second-order valence-electron chi connectivity index (χ2n) is 24.8. The summed E-state index contributed by atoms with van der Waals surface area (Å²) in [5, 5.41) is 42.2. The van der Waals surface area contributed by atoms with Gasteiger partial charge in [-0.3, -0.25) is 28.8 Å². The number of nitro benzene ring substituents is 1. The summed E-state index contributed by atoms with van der Waals surface area (Å²) in [4.78, 5) is 43.2. The van der Waals surface area contributed by atoms with E-state index in [1.165, 1.54) is 69.5 Å². The average Bonchev–Trinajstić information content (AvgIpc) is 1.57. The molecule has 0 spiro atoms. The summed E-state index contributed by atoms with van der Waals surface area (Å²) in [6.45, 7) is 10.3. The van der Waals surface area contributed by atoms with Gasteiger partial charge in [0.15, 0.2) is 23.2 Å². The highest BCUT2D eigenvalue weighted by atomic mass is 31.2. The van der Waals surface area contributed by atoms with E-state index in [-0.39, 0.29) is 48.8 Å². The maximum atomic E-state index is 15.2. The molecule has 103 heavy (non-hydrogen) atoms. The number of carbonyl (C=O) groups excluding carboxylic acids is 2. The lowest BCUT2D eigenvalue weighted by Crippen LogP contribution is -2.49. The summed E-state index contributed by atoms with van der Waals surface area (Å²) in [7, 11) is -5.00. The topological polar surface area (TPSA) is 475 Å². The summed E-state index contributed by atoms with van der Waals surface area (Å²) in [5.41, 5.74) is 17.3. The largest absolute Gasteiger partial charge is 0.462 e. The Morgan fingerprint density at radius 2 is 1.15 bits per heavy atom. The fraction of sp³-hybridized carbons (Fsp3) is 0.492. The van der Waals surface area contributed by atoms with Crippen LogP contribution in [0, 0.1) is 15.6 Å². The molecule has 11 rings (SSSR count). The van der Waals surface area contributed by atoms with E-state index in [2.05, 4.69) is 51.9 Å². The van der Waals surface area contributed by atoms with Crippen molar-refractivity contribution in [2.24, 2.45) is 21.5 Å². The predicted octanol–water partition coefficient (Wildman–Crippen LogP) is 8.16. The van der Waals surface area contributed by atoms with Crippen LogP contribution in [0.4, 0.5) is 26.1 Å². The summed E-state index contributed by atoms with van der Waals surface area (Å²) in [6.07, 6.45) is -2.67. The number of hydrogen-bond donors (Lipinski definition) is 7. The van der Waals surface area contributed by atoms with Crippen molar-refractivity contribution in [2.75, 3.05) is 65.5 Å². The summed E-state index contributed by atoms with van der Waals surface area (Å²) in [5.74, 6) is 2.20. The predicted molar refractivity (Wildman–Crippen MR) is 361 cm³/mol. The molecule has 4 fully saturated rings. The minimum atomic E-state index is -4.38. The lowest BCUT2D eigenvalue weighted by molar-refractivity contribution is -0.384. The first-order valence-corrected chi connectivity index (χ1v) is 35.2. The van der Waals surface area contributed by atoms with Crippen LogP contribution in [0.25, 0.3) is 11.0 Å². The van der Waals surface area contributed by atoms with Crippen molar-refractivity contribution in [1.82, 2.24) is 39.4 Å². The number of carbonyl (C=O) groups is 2. The molecule has 36 nitrogen and oxygen atoms in total. The van der Waals surface area contributed by atoms with Gasteiger partial charge in [0.05, 0.1) is 47.9 Å². The minimum absolute atomic E-state index is 0.0204. The van der Waals surface area contributed by atoms with Crippen molar-refractivity contribution in [2.45, 2.75) is 145 Å². The van der Waals surface area contributed by atoms with Gasteiger partial charge in [-0.05, 0) is 120 Å². The van der Waals surface area contributed by atoms with Crippen molar-refractivity contribution in [3.63, 3.8) is 0 Å². The Balaban J connectivity index is 0.000000198. The molecule has 0 aliphatic carbocycles. The second-order valence-corrected chi connectivity index (χ2v) is 28.6. The van der Waals surface area contributed by atoms with Gasteiger partial charge in [0.25, 0.3) is 5.69 Å². The number of fused-ring (bicyclic) bond motifs is 4. The molecule has 8 heterocycles. The van der Waals surface area contributed by atoms with Crippen LogP contribution in [0.3, 0.4) is 0 Å². The number of nitro groups is 1. The smallest absolute Gasteiger partial charge is 0.459 e. The van der Waals surface area contributed by atoms with Crippen molar-refractivity contribution >= 4 is 55.6 Å². The van der Waals surface area contributed by atoms with E-state index in [0.29, 0.717) is 39.6 Å². The van der Waals surface area contributed by atoms with Crippen LogP contribution >= 0.6 is 15.3 Å². The highest BCUT2D eigenvalue weighted by Crippen LogP contribution is 2.55. The zero-order valence-corrected chi connectivity index (χ0v) is 59.6. The number of aliphatic hydroxyl groups excluding tert-OH is 1. The first-order valence-electron chi connectivity index (χ1n) is 31.9. The fourth-order valence-electron chi connectivity index (χ4n) is 11.1. The van der Waals surface area contributed by atoms with Crippen LogP contribution in [0.1, 0.15) is 84.5 Å². The van der Waals surface area contributed by atoms with E-state index in [9.17, 15) is 38.3 Å². The molecule has 0 saturated carbocycles. The third-order valence-corrected chi connectivity index (χ3v) is 19.9. The molecule has 2 unspecified atom stereocenters. The number of anilines is 2. The number of nitrogens with zero attached hydrogens (tertiary/aromatic N) is 10. The SMILES string of the molecule is CC1(C)O[C@H]2[C@H](c3ccc4c(N)ncnn34)O[C@@](CO)(CF)[C@H]2O1.CO[C@H](C)COC(=O)[C@H](C)NP(=O)(Cc1ccc([N+](=O)[O-])cc1)Oc1ccccc1.CO[C@H](C)COC(=O)[C@H](C)NP(=O)(OC[C@@]1(CF)O[C@@H](c2ccc3c(N)ncnn23)[C@@H]2OC(C)(C)O[C@@H]21)Oc1ccccc1.N=N/N=N/N. The Labute approximate surface area is 589 Å². The van der Waals surface area contributed by atoms with Crippen LogP contribution < -0.4 is 36.5 Å². The van der Waals surface area contributed by atoms with Crippen LogP contribution in [0.2, 0.25) is 0 Å². The number of methoxy groups -OCH3 is 2. The summed E-state index contributed by atoms with van der Waals surface area (Å²) in [6, 6.07) is 27.4. The van der Waals surface area contributed by atoms with Gasteiger partial charge >= 0.3 is 27.2 Å². The number of nitrogens with two attached hydrogens (primary N) is 3. The highest BCUT2D eigenvalue weighted by molar-refractivity contribution is 7.56. The maximum absolute atomic E-state index is 15.2. The zero-order chi connectivity index (χ0) is 75.1. The third-order valence-electron chi connectivity index (χ3n) is 16.2. The number of aromatic nitrogens is 6. The van der Waals surface area contributed by atoms with Crippen molar-refractivity contribution in [1.29, 1.82) is 5.53 Å². The maximum Gasteiger partial charge on any atom is 0.459 e. The van der Waals surface area contributed by atoms with Gasteiger partial charge in [-0.2, -0.15) is 20.8 Å². The van der Waals surface area contributed by atoms with Gasteiger partial charge in [0, 0.05) is 26.4 Å². The van der Waals surface area contributed by atoms with E-state index in [1.54, 1.807) is 131 Å². The van der Waals surface area contributed by atoms with E-state index in [0.717, 1.165) is 0 Å². The number of nitrogen functional groups attached to an aromatic ring is 2. The summed E-state index contributed by atoms with van der Waals surface area (Å²) < 4.78 is 134. The number of nitrogens with one attached hydrogen (secondary N) is 3. The molecular formula is C63H84F2N16O20P2. The van der Waals surface area contributed by atoms with Gasteiger partial charge in [0.2, 0.25) is 0 Å². The van der Waals surface area contributed by atoms with E-state index >= 15 is 4.39 Å². The Hall–Kier alpha value is -8.72. The first kappa shape index (κ1) is 80.0. The molecular weight excluding hydrogens is 1400 g/mol. The molecule has 40 heteroatoms. The zero-order valence-electron chi connectivity index (χ0n) is 57.8. The lowest BCUT2D eigenvalue weighted by Gasteiger charge is -2.33. The highest BCUT2D eigenvalue weighted by Gasteiger charge is 2.66. The Morgan fingerprint density at radius 3 is 1.57 bits per heavy atom. The Bertz CT molecular complexity index is 4120. The van der Waals surface area contributed by atoms with E-state index < -0.39 is 130 Å². The monoisotopic (exact) mass is 1480 g/mol. The summed E-state index contributed by atoms with van der Waals surface area (Å²) >= 11 is 0. The fourth-order valence-corrected chi connectivity index (χ4v) is 14.7. The molecule has 0 radical (unpaired) electrons. The Morgan fingerprint density at radius 1 is 0.689 bits per heavy atom. The molecule has 0 amide bonds. The number of esters is 2. The third kappa shape index (κ3) is 19.8. The van der Waals surface area contributed by atoms with Gasteiger partial charge in [-0.25, -0.2) is 37.4 Å². The minimum Gasteiger partial charge on any atom is -0.462 e. The first-order chi connectivity index (χ1) is 48.9. The number of benzene rings is 3. The molecule has 4 aliphatic rings. The second kappa shape index (κ2) is 34.7. The quantitative estimate of drug-likeness (QED) is 0.00607. The van der Waals surface area contributed by atoms with Crippen molar-refractivity contribution < 1.29 is 98.5 Å². The normalized spacial score (nSPS) is 24.4. The number of hydrogen-bond acceptors (Lipinski definition) is 28. The molecule has 4 aliphatic heterocycles. The molecule has 3 aromatic carbocycles. The van der Waals surface area contributed by atoms with Crippen LogP contribution in [-0.4, -0.2) is 177 Å². The van der Waals surface area contributed by atoms with Gasteiger partial charge in [0.1, 0.15) is 122 Å². The molecule has 14 atom stereocenters. The molecule has 10 N–H and O–H groups in total. The number of non-ortho nitro benzene ring substituents is 1. The van der Waals surface area contributed by atoms with Crippen LogP contribution in [0.15, 0.2) is 138 Å². The molecule has 4 aromatic heterocycles. The van der Waals surface area contributed by atoms with E-state index in [1.807, 2.05) is 0 Å². The molecule has 4 saturated heterocycles. The van der Waals surface area contributed by atoms with Gasteiger partial charge in [-0.1, -0.05) is 53.8 Å². The molecule has 0 bridgehead atoms. The lowest BCUT2D eigenvalue weighted by atomic mass is 9.96. The van der Waals surface area contributed by atoms with Crippen molar-refractivity contribution in [3.05, 3.63) is 149 Å². The van der Waals surface area contributed by atoms with E-state index in [4.69, 9.17) is 77.9 Å². The number of rotatable bonds is 28. The van der Waals surface area contributed by atoms with Gasteiger partial charge < -0.3 is 78.8 Å². The number of ether oxygens (including phenoxy) is 10. The number of aliphatic hydroxyl groups is 1. The van der Waals surface area contributed by atoms with Crippen LogP contribution in [0.5, 0.6) is 11.5 Å². The molecule has 7 aromatic rings. The Kier molecular flexibility index (Phi) is 26.9.